The van der Waals surface area contributed by atoms with Crippen molar-refractivity contribution in [1.82, 2.24) is 0 Å². The Bertz CT molecular complexity index is 520. The molecule has 1 N–H and O–H groups in total. The van der Waals surface area contributed by atoms with Crippen LogP contribution in [0.15, 0.2) is 18.2 Å². The third-order valence-electron chi connectivity index (χ3n) is 2.58. The summed E-state index contributed by atoms with van der Waals surface area (Å²) in [5.74, 6) is -1.42. The molecule has 0 aliphatic heterocycles. The summed E-state index contributed by atoms with van der Waals surface area (Å²) in [6.07, 6.45) is 0.309. The summed E-state index contributed by atoms with van der Waals surface area (Å²) in [7, 11) is 1.23. The molecule has 0 aliphatic carbocycles. The number of hydrogen-bond acceptors (Lipinski definition) is 5. The van der Waals surface area contributed by atoms with Crippen LogP contribution in [0, 0.1) is 0 Å². The molecule has 20 heavy (non-hydrogen) atoms. The van der Waals surface area contributed by atoms with Crippen LogP contribution in [0.25, 0.3) is 0 Å². The molecular weight excluding hydrogens is 264 g/mol. The zero-order valence-electron chi connectivity index (χ0n) is 11.3. The second kappa shape index (κ2) is 7.28. The minimum Gasteiger partial charge on any atom is -0.493 e. The number of carbonyl (C=O) groups excluding carboxylic acids is 2. The summed E-state index contributed by atoms with van der Waals surface area (Å²) in [6, 6.07) is 4.45. The Kier molecular flexibility index (Phi) is 5.71. The monoisotopic (exact) mass is 280 g/mol. The fourth-order valence-electron chi connectivity index (χ4n) is 1.55. The van der Waals surface area contributed by atoms with Crippen LogP contribution in [0.4, 0.5) is 0 Å². The molecule has 0 saturated heterocycles. The van der Waals surface area contributed by atoms with Gasteiger partial charge in [-0.3, -0.25) is 9.59 Å². The number of methoxy groups -OCH3 is 1. The minimum absolute atomic E-state index is 0.0148. The maximum absolute atomic E-state index is 11.6. The van der Waals surface area contributed by atoms with Gasteiger partial charge in [0.2, 0.25) is 0 Å². The van der Waals surface area contributed by atoms with Crippen LogP contribution in [0.2, 0.25) is 0 Å². The van der Waals surface area contributed by atoms with Gasteiger partial charge in [0.15, 0.2) is 5.78 Å². The van der Waals surface area contributed by atoms with Gasteiger partial charge < -0.3 is 14.6 Å². The van der Waals surface area contributed by atoms with Crippen molar-refractivity contribution in [2.75, 3.05) is 13.7 Å². The molecule has 1 rings (SSSR count). The molecule has 6 nitrogen and oxygen atoms in total. The van der Waals surface area contributed by atoms with Gasteiger partial charge in [-0.05, 0) is 31.5 Å². The first-order valence-electron chi connectivity index (χ1n) is 6.03. The Labute approximate surface area is 116 Å². The number of esters is 1. The van der Waals surface area contributed by atoms with Gasteiger partial charge in [-0.1, -0.05) is 0 Å². The lowest BCUT2D eigenvalue weighted by atomic mass is 10.1. The largest absolute Gasteiger partial charge is 0.493 e. The van der Waals surface area contributed by atoms with Gasteiger partial charge in [0.05, 0.1) is 13.7 Å². The average Bonchev–Trinajstić information content (AvgIpc) is 2.42. The van der Waals surface area contributed by atoms with Crippen LogP contribution in [0.1, 0.15) is 40.5 Å². The summed E-state index contributed by atoms with van der Waals surface area (Å²) in [5.41, 5.74) is 0.527. The Hall–Kier alpha value is -2.37. The van der Waals surface area contributed by atoms with Crippen LogP contribution >= 0.6 is 0 Å². The zero-order valence-corrected chi connectivity index (χ0v) is 11.3. The predicted octanol–water partition coefficient (Wildman–Crippen LogP) is 1.92. The van der Waals surface area contributed by atoms with Gasteiger partial charge in [0.25, 0.3) is 0 Å². The number of carboxylic acid groups (broad SMARTS) is 1. The molecule has 108 valence electrons. The molecule has 0 spiro atoms. The lowest BCUT2D eigenvalue weighted by molar-refractivity contribution is -0.137. The van der Waals surface area contributed by atoms with Crippen molar-refractivity contribution < 1.29 is 29.0 Å². The van der Waals surface area contributed by atoms with Crippen LogP contribution in [0.5, 0.6) is 5.75 Å². The third-order valence-corrected chi connectivity index (χ3v) is 2.58. The zero-order chi connectivity index (χ0) is 15.1. The third kappa shape index (κ3) is 4.38. The van der Waals surface area contributed by atoms with Crippen molar-refractivity contribution in [3.05, 3.63) is 29.3 Å². The predicted molar refractivity (Wildman–Crippen MR) is 70.2 cm³/mol. The van der Waals surface area contributed by atoms with Gasteiger partial charge >= 0.3 is 11.9 Å². The molecule has 1 aromatic rings. The molecular formula is C14H16O6. The number of rotatable bonds is 7. The molecule has 0 atom stereocenters. The Morgan fingerprint density at radius 2 is 1.95 bits per heavy atom. The molecule has 0 aliphatic rings. The molecule has 0 saturated carbocycles. The molecule has 0 radical (unpaired) electrons. The van der Waals surface area contributed by atoms with E-state index >= 15 is 0 Å². The van der Waals surface area contributed by atoms with Crippen molar-refractivity contribution in [2.45, 2.75) is 19.8 Å². The fourth-order valence-corrected chi connectivity index (χ4v) is 1.55. The van der Waals surface area contributed by atoms with Gasteiger partial charge in [0.1, 0.15) is 11.3 Å². The second-order valence-electron chi connectivity index (χ2n) is 4.10. The lowest BCUT2D eigenvalue weighted by Crippen LogP contribution is -2.09. The molecule has 0 amide bonds. The highest BCUT2D eigenvalue weighted by Gasteiger charge is 2.15. The first-order chi connectivity index (χ1) is 9.45. The van der Waals surface area contributed by atoms with Gasteiger partial charge in [-0.2, -0.15) is 0 Å². The highest BCUT2D eigenvalue weighted by molar-refractivity contribution is 5.99. The Morgan fingerprint density at radius 3 is 2.50 bits per heavy atom. The number of carbonyl (C=O) groups is 3. The van der Waals surface area contributed by atoms with E-state index in [0.717, 1.165) is 0 Å². The van der Waals surface area contributed by atoms with E-state index in [1.54, 1.807) is 6.07 Å². The fraction of sp³-hybridized carbons (Fsp3) is 0.357. The van der Waals surface area contributed by atoms with Crippen molar-refractivity contribution in [2.24, 2.45) is 0 Å². The number of Topliss-reactive ketones (excluding diaryl/α,β-unsaturated/α-hetero) is 1. The Balaban J connectivity index is 2.86. The summed E-state index contributed by atoms with van der Waals surface area (Å²) in [5, 5.41) is 8.52. The first kappa shape index (κ1) is 15.7. The average molecular weight is 280 g/mol. The van der Waals surface area contributed by atoms with Crippen molar-refractivity contribution in [1.29, 1.82) is 0 Å². The highest BCUT2D eigenvalue weighted by atomic mass is 16.5. The van der Waals surface area contributed by atoms with Gasteiger partial charge in [0, 0.05) is 12.0 Å². The normalized spacial score (nSPS) is 9.90. The van der Waals surface area contributed by atoms with Crippen LogP contribution < -0.4 is 4.74 Å². The first-order valence-corrected chi connectivity index (χ1v) is 6.03. The van der Waals surface area contributed by atoms with E-state index in [2.05, 4.69) is 4.74 Å². The van der Waals surface area contributed by atoms with Crippen molar-refractivity contribution >= 4 is 17.7 Å². The Morgan fingerprint density at radius 1 is 1.25 bits per heavy atom. The molecule has 0 fully saturated rings. The van der Waals surface area contributed by atoms with Crippen molar-refractivity contribution in [3.8, 4) is 5.75 Å². The molecule has 0 bridgehead atoms. The van der Waals surface area contributed by atoms with Crippen LogP contribution in [0.3, 0.4) is 0 Å². The number of ketones is 1. The molecule has 0 unspecified atom stereocenters. The van der Waals surface area contributed by atoms with Crippen LogP contribution in [-0.2, 0) is 9.53 Å². The van der Waals surface area contributed by atoms with Crippen LogP contribution in [-0.4, -0.2) is 36.5 Å². The maximum Gasteiger partial charge on any atom is 0.341 e. The van der Waals surface area contributed by atoms with E-state index in [9.17, 15) is 14.4 Å². The van der Waals surface area contributed by atoms with E-state index in [4.69, 9.17) is 9.84 Å². The number of ether oxygens (including phenoxy) is 2. The van der Waals surface area contributed by atoms with E-state index in [0.29, 0.717) is 12.0 Å². The van der Waals surface area contributed by atoms with E-state index in [1.807, 2.05) is 0 Å². The SMILES string of the molecule is COC(=O)c1cc(C(C)=O)ccc1OCCCC(=O)O. The lowest BCUT2D eigenvalue weighted by Gasteiger charge is -2.10. The maximum atomic E-state index is 11.6. The summed E-state index contributed by atoms with van der Waals surface area (Å²) < 4.78 is 10.0. The second-order valence-corrected chi connectivity index (χ2v) is 4.10. The molecule has 1 aromatic carbocycles. The minimum atomic E-state index is -0.909. The quantitative estimate of drug-likeness (QED) is 0.466. The van der Waals surface area contributed by atoms with Crippen molar-refractivity contribution in [3.63, 3.8) is 0 Å². The van der Waals surface area contributed by atoms with Gasteiger partial charge in [-0.25, -0.2) is 4.79 Å². The standard InChI is InChI=1S/C14H16O6/c1-9(15)10-5-6-12(11(8-10)14(18)19-2)20-7-3-4-13(16)17/h5-6,8H,3-4,7H2,1-2H3,(H,16,17). The van der Waals surface area contributed by atoms with E-state index in [1.165, 1.54) is 26.2 Å². The summed E-state index contributed by atoms with van der Waals surface area (Å²) >= 11 is 0. The highest BCUT2D eigenvalue weighted by Crippen LogP contribution is 2.22. The topological polar surface area (TPSA) is 89.9 Å². The summed E-state index contributed by atoms with van der Waals surface area (Å²) in [4.78, 5) is 33.3. The molecule has 0 aromatic heterocycles. The number of carboxylic acids is 1. The molecule has 6 heteroatoms. The molecule has 0 heterocycles. The summed E-state index contributed by atoms with van der Waals surface area (Å²) in [6.45, 7) is 1.56. The smallest absolute Gasteiger partial charge is 0.341 e. The van der Waals surface area contributed by atoms with Gasteiger partial charge in [-0.15, -0.1) is 0 Å². The van der Waals surface area contributed by atoms with E-state index in [-0.39, 0.29) is 30.1 Å². The number of aliphatic carboxylic acids is 1. The number of benzene rings is 1. The van der Waals surface area contributed by atoms with E-state index < -0.39 is 11.9 Å². The number of hydrogen-bond donors (Lipinski definition) is 1.